The zero-order chi connectivity index (χ0) is 17.2. The van der Waals surface area contributed by atoms with Crippen LogP contribution in [0.25, 0.3) is 11.0 Å². The Morgan fingerprint density at radius 1 is 1.09 bits per heavy atom. The van der Waals surface area contributed by atoms with E-state index in [1.54, 1.807) is 0 Å². The third-order valence-corrected chi connectivity index (χ3v) is 4.71. The van der Waals surface area contributed by atoms with Gasteiger partial charge in [-0.2, -0.15) is 17.6 Å². The summed E-state index contributed by atoms with van der Waals surface area (Å²) in [6.45, 7) is 0. The first kappa shape index (κ1) is 15.8. The lowest BCUT2D eigenvalue weighted by Crippen LogP contribution is -2.52. The molecule has 1 aliphatic heterocycles. The molecule has 0 amide bonds. The second-order valence-electron chi connectivity index (χ2n) is 4.88. The molecule has 126 valence electrons. The van der Waals surface area contributed by atoms with Crippen LogP contribution in [0.3, 0.4) is 0 Å². The number of imidazole rings is 1. The number of aromatic nitrogens is 2. The molecule has 0 bridgehead atoms. The highest BCUT2D eigenvalue weighted by Crippen LogP contribution is 2.47. The smallest absolute Gasteiger partial charge is 0.421 e. The summed E-state index contributed by atoms with van der Waals surface area (Å²) in [7, 11) is -1.39. The third kappa shape index (κ3) is 2.28. The maximum absolute atomic E-state index is 13.1. The zero-order valence-corrected chi connectivity index (χ0v) is 12.4. The number of nitrogens with one attached hydrogen (secondary N) is 1. The molecule has 1 aliphatic rings. The van der Waals surface area contributed by atoms with Gasteiger partial charge in [0.15, 0.2) is 11.5 Å². The summed E-state index contributed by atoms with van der Waals surface area (Å²) >= 11 is 0. The van der Waals surface area contributed by atoms with Gasteiger partial charge in [-0.1, -0.05) is 0 Å². The minimum atomic E-state index is -4.86. The lowest BCUT2D eigenvalue weighted by atomic mass is 10.2. The fourth-order valence-corrected chi connectivity index (χ4v) is 2.64. The number of hydrogen-bond acceptors (Lipinski definition) is 5. The van der Waals surface area contributed by atoms with Crippen LogP contribution >= 0.6 is 0 Å². The molecule has 0 radical (unpaired) electrons. The van der Waals surface area contributed by atoms with E-state index in [2.05, 4.69) is 19.4 Å². The Bertz CT molecular complexity index is 841. The number of aromatic amines is 1. The van der Waals surface area contributed by atoms with Crippen molar-refractivity contribution in [2.45, 2.75) is 17.4 Å². The second-order valence-corrected chi connectivity index (χ2v) is 6.95. The Labute approximate surface area is 126 Å². The van der Waals surface area contributed by atoms with Crippen molar-refractivity contribution in [3.8, 4) is 11.5 Å². The molecule has 2 aromatic rings. The van der Waals surface area contributed by atoms with Crippen LogP contribution in [0.2, 0.25) is 0 Å². The molecule has 0 spiro atoms. The molecule has 0 saturated carbocycles. The molecule has 1 N–H and O–H groups in total. The lowest BCUT2D eigenvalue weighted by molar-refractivity contribution is -0.391. The minimum Gasteiger partial charge on any atom is -0.421 e. The van der Waals surface area contributed by atoms with Crippen molar-refractivity contribution >= 4 is 21.1 Å². The number of alkyl halides is 4. The van der Waals surface area contributed by atoms with Crippen molar-refractivity contribution in [1.29, 1.82) is 0 Å². The molecule has 0 fully saturated rings. The van der Waals surface area contributed by atoms with Crippen LogP contribution in [-0.4, -0.2) is 49.0 Å². The highest BCUT2D eigenvalue weighted by molar-refractivity contribution is 7.88. The number of ether oxygens (including phenoxy) is 2. The topological polar surface area (TPSA) is 84.5 Å². The van der Waals surface area contributed by atoms with Crippen molar-refractivity contribution in [2.75, 3.05) is 14.1 Å². The Hall–Kier alpha value is -2.08. The Morgan fingerprint density at radius 2 is 1.61 bits per heavy atom. The third-order valence-electron chi connectivity index (χ3n) is 3.07. The average Bonchev–Trinajstić information content (AvgIpc) is 2.80. The summed E-state index contributed by atoms with van der Waals surface area (Å²) in [5.41, 5.74) is -0.0532. The predicted octanol–water partition coefficient (Wildman–Crippen LogP) is 1.77. The number of H-pyrrole nitrogens is 1. The van der Waals surface area contributed by atoms with Crippen molar-refractivity contribution in [3.05, 3.63) is 12.1 Å². The molecule has 2 heterocycles. The summed E-state index contributed by atoms with van der Waals surface area (Å²) in [4.78, 5) is 6.15. The molecule has 23 heavy (non-hydrogen) atoms. The number of benzene rings is 1. The van der Waals surface area contributed by atoms with Crippen LogP contribution in [0.15, 0.2) is 17.3 Å². The zero-order valence-electron chi connectivity index (χ0n) is 11.6. The normalized spacial score (nSPS) is 19.3. The highest BCUT2D eigenvalue weighted by atomic mass is 32.2. The van der Waals surface area contributed by atoms with Gasteiger partial charge in [-0.25, -0.2) is 17.7 Å². The van der Waals surface area contributed by atoms with Crippen LogP contribution in [0, 0.1) is 0 Å². The molecule has 1 aromatic heterocycles. The molecular formula is C11H9F4N3O4S. The molecule has 0 unspecified atom stereocenters. The standard InChI is InChI=1S/C11H9F4N3O4S/c1-18(2)23(19,20)9-16-5-3-7-8(4-6(5)17-9)22-11(14,15)10(12,13)21-7/h3-4H,1-2H3,(H,16,17). The fraction of sp³-hybridized carbons (Fsp3) is 0.364. The van der Waals surface area contributed by atoms with Crippen LogP contribution in [0.4, 0.5) is 17.6 Å². The highest BCUT2D eigenvalue weighted by Gasteiger charge is 2.66. The summed E-state index contributed by atoms with van der Waals surface area (Å²) in [5.74, 6) is -1.33. The number of sulfonamides is 1. The van der Waals surface area contributed by atoms with E-state index in [1.807, 2.05) is 0 Å². The number of rotatable bonds is 2. The first-order valence-electron chi connectivity index (χ1n) is 6.04. The van der Waals surface area contributed by atoms with Crippen molar-refractivity contribution in [2.24, 2.45) is 0 Å². The van der Waals surface area contributed by atoms with Gasteiger partial charge >= 0.3 is 12.2 Å². The van der Waals surface area contributed by atoms with E-state index in [-0.39, 0.29) is 11.0 Å². The molecular weight excluding hydrogens is 346 g/mol. The summed E-state index contributed by atoms with van der Waals surface area (Å²) in [6.07, 6.45) is -9.71. The molecule has 7 nitrogen and oxygen atoms in total. The van der Waals surface area contributed by atoms with Crippen molar-refractivity contribution in [3.63, 3.8) is 0 Å². The monoisotopic (exact) mass is 355 g/mol. The van der Waals surface area contributed by atoms with Crippen molar-refractivity contribution in [1.82, 2.24) is 14.3 Å². The molecule has 0 atom stereocenters. The van der Waals surface area contributed by atoms with Crippen molar-refractivity contribution < 1.29 is 35.5 Å². The van der Waals surface area contributed by atoms with Gasteiger partial charge in [0.25, 0.3) is 10.0 Å². The van der Waals surface area contributed by atoms with Crippen LogP contribution in [-0.2, 0) is 10.0 Å². The summed E-state index contributed by atoms with van der Waals surface area (Å²) < 4.78 is 85.3. The van der Waals surface area contributed by atoms with Gasteiger partial charge in [-0.15, -0.1) is 0 Å². The van der Waals surface area contributed by atoms with E-state index in [9.17, 15) is 26.0 Å². The largest absolute Gasteiger partial charge is 0.507 e. The van der Waals surface area contributed by atoms with E-state index in [1.165, 1.54) is 14.1 Å². The second kappa shape index (κ2) is 4.47. The van der Waals surface area contributed by atoms with Gasteiger partial charge in [-0.3, -0.25) is 0 Å². The van der Waals surface area contributed by atoms with E-state index in [0.29, 0.717) is 0 Å². The van der Waals surface area contributed by atoms with Gasteiger partial charge in [0.05, 0.1) is 11.0 Å². The van der Waals surface area contributed by atoms with Gasteiger partial charge in [0, 0.05) is 26.2 Å². The number of hydrogen-bond donors (Lipinski definition) is 1. The number of fused-ring (bicyclic) bond motifs is 2. The van der Waals surface area contributed by atoms with E-state index in [4.69, 9.17) is 0 Å². The quantitative estimate of drug-likeness (QED) is 0.830. The minimum absolute atomic E-state index is 0.00814. The maximum Gasteiger partial charge on any atom is 0.507 e. The Balaban J connectivity index is 2.15. The summed E-state index contributed by atoms with van der Waals surface area (Å²) in [6, 6.07) is 1.80. The molecule has 1 aromatic carbocycles. The predicted molar refractivity (Wildman–Crippen MR) is 68.1 cm³/mol. The van der Waals surface area contributed by atoms with E-state index < -0.39 is 38.9 Å². The SMILES string of the molecule is CN(C)S(=O)(=O)c1nc2cc3c(cc2[nH]1)OC(F)(F)C(F)(F)O3. The number of nitrogens with zero attached hydrogens (tertiary/aromatic N) is 2. The average molecular weight is 355 g/mol. The maximum atomic E-state index is 13.1. The molecule has 3 rings (SSSR count). The van der Waals surface area contributed by atoms with Gasteiger partial charge in [0.1, 0.15) is 0 Å². The molecule has 0 saturated heterocycles. The van der Waals surface area contributed by atoms with E-state index >= 15 is 0 Å². The number of halogens is 4. The molecule has 0 aliphatic carbocycles. The first-order valence-corrected chi connectivity index (χ1v) is 7.48. The van der Waals surface area contributed by atoms with Gasteiger partial charge in [0.2, 0.25) is 5.16 Å². The van der Waals surface area contributed by atoms with Gasteiger partial charge in [-0.05, 0) is 0 Å². The van der Waals surface area contributed by atoms with Crippen LogP contribution in [0.5, 0.6) is 11.5 Å². The van der Waals surface area contributed by atoms with Crippen LogP contribution < -0.4 is 9.47 Å². The molecule has 12 heteroatoms. The Kier molecular flexibility index (Phi) is 3.07. The van der Waals surface area contributed by atoms with Gasteiger partial charge < -0.3 is 14.5 Å². The first-order chi connectivity index (χ1) is 10.4. The summed E-state index contributed by atoms with van der Waals surface area (Å²) in [5, 5.41) is -0.474. The lowest BCUT2D eigenvalue weighted by Gasteiger charge is -2.31. The Morgan fingerprint density at radius 3 is 2.13 bits per heavy atom. The van der Waals surface area contributed by atoms with Crippen LogP contribution in [0.1, 0.15) is 0 Å². The van der Waals surface area contributed by atoms with E-state index in [0.717, 1.165) is 16.4 Å². The fourth-order valence-electron chi connectivity index (χ4n) is 1.84.